The molecule has 1 aromatic carbocycles. The summed E-state index contributed by atoms with van der Waals surface area (Å²) in [5.74, 6) is 6.12. The SMILES string of the molecule is CCC#CCC1(C(=O)C(Br)=C[C@@H]2[C@H]3CC4(C[C@H]3C[C@H]2OC(=O)c2ccccc2)OCCO4)CCC1. The van der Waals surface area contributed by atoms with Crippen LogP contribution in [0.3, 0.4) is 0 Å². The standard InChI is InChI=1S/C29H33BrO5/c1-2-3-7-11-28(12-8-13-28)26(31)24(30)17-22-23-19-29(33-14-15-34-29)18-21(23)16-25(22)35-27(32)20-9-5-4-6-10-20/h4-6,9-10,17,21-23,25H,2,8,11-16,18-19H2,1H3/t21-,22-,23+,25-/m1/s1. The number of Topliss-reactive ketones (excluding diaryl/α,β-unsaturated/α-hetero) is 1. The molecule has 35 heavy (non-hydrogen) atoms. The van der Waals surface area contributed by atoms with Gasteiger partial charge in [-0.05, 0) is 59.2 Å². The number of fused-ring (bicyclic) bond motifs is 1. The Bertz CT molecular complexity index is 1040. The van der Waals surface area contributed by atoms with E-state index in [9.17, 15) is 9.59 Å². The number of hydrogen-bond acceptors (Lipinski definition) is 5. The Morgan fingerprint density at radius 3 is 2.54 bits per heavy atom. The van der Waals surface area contributed by atoms with Crippen LogP contribution in [0.25, 0.3) is 0 Å². The largest absolute Gasteiger partial charge is 0.458 e. The van der Waals surface area contributed by atoms with Gasteiger partial charge in [0, 0.05) is 37.0 Å². The zero-order chi connectivity index (χ0) is 24.5. The second-order valence-corrected chi connectivity index (χ2v) is 11.3. The minimum absolute atomic E-state index is 0.0722. The minimum Gasteiger partial charge on any atom is -0.458 e. The van der Waals surface area contributed by atoms with Crippen LogP contribution in [-0.4, -0.2) is 36.9 Å². The topological polar surface area (TPSA) is 61.8 Å². The summed E-state index contributed by atoms with van der Waals surface area (Å²) in [5.41, 5.74) is 0.157. The highest BCUT2D eigenvalue weighted by Gasteiger charge is 2.57. The fraction of sp³-hybridized carbons (Fsp3) is 0.586. The molecule has 0 radical (unpaired) electrons. The molecule has 5 rings (SSSR count). The zero-order valence-electron chi connectivity index (χ0n) is 20.3. The van der Waals surface area contributed by atoms with Crippen LogP contribution in [0.2, 0.25) is 0 Å². The smallest absolute Gasteiger partial charge is 0.338 e. The maximum absolute atomic E-state index is 13.6. The molecule has 3 aliphatic carbocycles. The van der Waals surface area contributed by atoms with Gasteiger partial charge in [-0.1, -0.05) is 37.6 Å². The molecule has 0 unspecified atom stereocenters. The van der Waals surface area contributed by atoms with Crippen LogP contribution in [-0.2, 0) is 19.0 Å². The second-order valence-electron chi connectivity index (χ2n) is 10.4. The van der Waals surface area contributed by atoms with Crippen molar-refractivity contribution in [2.75, 3.05) is 13.2 Å². The van der Waals surface area contributed by atoms with Crippen molar-refractivity contribution < 1.29 is 23.8 Å². The van der Waals surface area contributed by atoms with Crippen LogP contribution in [0, 0.1) is 35.0 Å². The van der Waals surface area contributed by atoms with Crippen molar-refractivity contribution in [1.82, 2.24) is 0 Å². The number of esters is 1. The molecule has 1 spiro atoms. The zero-order valence-corrected chi connectivity index (χ0v) is 21.8. The first kappa shape index (κ1) is 24.7. The van der Waals surface area contributed by atoms with Gasteiger partial charge in [0.2, 0.25) is 0 Å². The molecule has 5 nitrogen and oxygen atoms in total. The molecular formula is C29H33BrO5. The van der Waals surface area contributed by atoms with Crippen molar-refractivity contribution in [2.24, 2.45) is 23.2 Å². The lowest BCUT2D eigenvalue weighted by Gasteiger charge is -2.39. The van der Waals surface area contributed by atoms with Crippen LogP contribution >= 0.6 is 15.9 Å². The number of halogens is 1. The number of benzene rings is 1. The van der Waals surface area contributed by atoms with Crippen LogP contribution in [0.5, 0.6) is 0 Å². The molecule has 4 fully saturated rings. The molecule has 6 heteroatoms. The molecule has 0 amide bonds. The Labute approximate surface area is 216 Å². The van der Waals surface area contributed by atoms with Gasteiger partial charge in [-0.15, -0.1) is 11.8 Å². The van der Waals surface area contributed by atoms with E-state index in [0.29, 0.717) is 35.6 Å². The fourth-order valence-electron chi connectivity index (χ4n) is 6.41. The predicted octanol–water partition coefficient (Wildman–Crippen LogP) is 5.82. The molecule has 0 aromatic heterocycles. The summed E-state index contributed by atoms with van der Waals surface area (Å²) in [5, 5.41) is 0. The van der Waals surface area contributed by atoms with Gasteiger partial charge in [0.05, 0.1) is 23.3 Å². The van der Waals surface area contributed by atoms with Crippen molar-refractivity contribution in [3.8, 4) is 11.8 Å². The maximum atomic E-state index is 13.6. The summed E-state index contributed by atoms with van der Waals surface area (Å²) >= 11 is 3.64. The van der Waals surface area contributed by atoms with E-state index in [2.05, 4.69) is 27.8 Å². The van der Waals surface area contributed by atoms with Crippen LogP contribution in [0.4, 0.5) is 0 Å². The first-order valence-corrected chi connectivity index (χ1v) is 13.7. The molecule has 0 bridgehead atoms. The van der Waals surface area contributed by atoms with Gasteiger partial charge in [0.1, 0.15) is 6.10 Å². The average Bonchev–Trinajstić information content (AvgIpc) is 3.52. The van der Waals surface area contributed by atoms with E-state index < -0.39 is 5.79 Å². The predicted molar refractivity (Wildman–Crippen MR) is 136 cm³/mol. The van der Waals surface area contributed by atoms with Gasteiger partial charge in [-0.2, -0.15) is 0 Å². The molecule has 1 saturated heterocycles. The number of ketones is 1. The number of rotatable bonds is 6. The van der Waals surface area contributed by atoms with Crippen molar-refractivity contribution >= 4 is 27.7 Å². The quantitative estimate of drug-likeness (QED) is 0.258. The van der Waals surface area contributed by atoms with Crippen LogP contribution in [0.15, 0.2) is 40.9 Å². The molecule has 1 aliphatic heterocycles. The van der Waals surface area contributed by atoms with Crippen molar-refractivity contribution in [3.63, 3.8) is 0 Å². The molecule has 3 saturated carbocycles. The van der Waals surface area contributed by atoms with Gasteiger partial charge >= 0.3 is 5.97 Å². The van der Waals surface area contributed by atoms with E-state index in [4.69, 9.17) is 14.2 Å². The van der Waals surface area contributed by atoms with Crippen LogP contribution < -0.4 is 0 Å². The van der Waals surface area contributed by atoms with Crippen molar-refractivity contribution in [3.05, 3.63) is 46.5 Å². The van der Waals surface area contributed by atoms with E-state index in [0.717, 1.165) is 44.9 Å². The molecule has 186 valence electrons. The van der Waals surface area contributed by atoms with Crippen molar-refractivity contribution in [1.29, 1.82) is 0 Å². The third-order valence-corrected chi connectivity index (χ3v) is 8.97. The number of carbonyl (C=O) groups is 2. The highest BCUT2D eigenvalue weighted by atomic mass is 79.9. The lowest BCUT2D eigenvalue weighted by Crippen LogP contribution is -2.38. The third-order valence-electron chi connectivity index (χ3n) is 8.34. The van der Waals surface area contributed by atoms with E-state index >= 15 is 0 Å². The highest BCUT2D eigenvalue weighted by molar-refractivity contribution is 9.12. The molecule has 1 heterocycles. The minimum atomic E-state index is -0.517. The Morgan fingerprint density at radius 2 is 1.89 bits per heavy atom. The first-order chi connectivity index (χ1) is 17.0. The molecule has 4 aliphatic rings. The molecule has 0 N–H and O–H groups in total. The van der Waals surface area contributed by atoms with Gasteiger partial charge in [0.15, 0.2) is 11.6 Å². The third kappa shape index (κ3) is 4.88. The summed E-state index contributed by atoms with van der Waals surface area (Å²) in [6, 6.07) is 9.10. The summed E-state index contributed by atoms with van der Waals surface area (Å²) in [6.45, 7) is 3.27. The van der Waals surface area contributed by atoms with Crippen molar-refractivity contribution in [2.45, 2.75) is 70.2 Å². The first-order valence-electron chi connectivity index (χ1n) is 12.9. The Hall–Kier alpha value is -1.94. The summed E-state index contributed by atoms with van der Waals surface area (Å²) < 4.78 is 18.7. The summed E-state index contributed by atoms with van der Waals surface area (Å²) in [6.07, 6.45) is 8.28. The number of allylic oxidation sites excluding steroid dienone is 1. The fourth-order valence-corrected chi connectivity index (χ4v) is 7.14. The normalized spacial score (nSPS) is 30.3. The van der Waals surface area contributed by atoms with Gasteiger partial charge in [-0.3, -0.25) is 4.79 Å². The van der Waals surface area contributed by atoms with Gasteiger partial charge < -0.3 is 14.2 Å². The molecule has 4 atom stereocenters. The summed E-state index contributed by atoms with van der Waals surface area (Å²) in [7, 11) is 0. The maximum Gasteiger partial charge on any atom is 0.338 e. The number of ether oxygens (including phenoxy) is 3. The Kier molecular flexibility index (Phi) is 7.21. The monoisotopic (exact) mass is 540 g/mol. The van der Waals surface area contributed by atoms with E-state index in [1.54, 1.807) is 12.1 Å². The summed E-state index contributed by atoms with van der Waals surface area (Å²) in [4.78, 5) is 26.5. The second kappa shape index (κ2) is 10.2. The van der Waals surface area contributed by atoms with E-state index in [1.807, 2.05) is 31.2 Å². The number of carbonyl (C=O) groups excluding carboxylic acids is 2. The Morgan fingerprint density at radius 1 is 1.14 bits per heavy atom. The van der Waals surface area contributed by atoms with Gasteiger partial charge in [-0.25, -0.2) is 4.79 Å². The molecule has 1 aromatic rings. The van der Waals surface area contributed by atoms with Gasteiger partial charge in [0.25, 0.3) is 0 Å². The van der Waals surface area contributed by atoms with Crippen LogP contribution in [0.1, 0.15) is 68.6 Å². The lowest BCUT2D eigenvalue weighted by atomic mass is 9.64. The Balaban J connectivity index is 1.38. The average molecular weight is 541 g/mol. The van der Waals surface area contributed by atoms with E-state index in [1.165, 1.54) is 0 Å². The molecular weight excluding hydrogens is 508 g/mol. The van der Waals surface area contributed by atoms with E-state index in [-0.39, 0.29) is 35.1 Å². The number of hydrogen-bond donors (Lipinski definition) is 0. The highest BCUT2D eigenvalue weighted by Crippen LogP contribution is 2.56. The lowest BCUT2D eigenvalue weighted by molar-refractivity contribution is -0.157.